The number of carbonyl (C=O) groups excluding carboxylic acids is 4. The van der Waals surface area contributed by atoms with E-state index in [0.29, 0.717) is 29.0 Å². The lowest BCUT2D eigenvalue weighted by Crippen LogP contribution is -2.55. The fourth-order valence-electron chi connectivity index (χ4n) is 4.05. The van der Waals surface area contributed by atoms with Crippen LogP contribution in [0.15, 0.2) is 48.5 Å². The molecule has 0 radical (unpaired) electrons. The second kappa shape index (κ2) is 14.7. The Labute approximate surface area is 241 Å². The molecule has 2 rings (SSSR count). The molecule has 10 heteroatoms. The number of terminal acetylenes is 1. The van der Waals surface area contributed by atoms with Gasteiger partial charge in [-0.25, -0.2) is 4.79 Å². The summed E-state index contributed by atoms with van der Waals surface area (Å²) in [5, 5.41) is 5.46. The van der Waals surface area contributed by atoms with Crippen molar-refractivity contribution in [2.24, 2.45) is 5.73 Å². The van der Waals surface area contributed by atoms with E-state index < -0.39 is 47.5 Å². The van der Waals surface area contributed by atoms with E-state index in [4.69, 9.17) is 21.6 Å². The maximum absolute atomic E-state index is 14.2. The number of nitrogens with two attached hydrogens (primary N) is 1. The summed E-state index contributed by atoms with van der Waals surface area (Å²) in [7, 11) is 1.54. The second-order valence-corrected chi connectivity index (χ2v) is 10.6. The lowest BCUT2D eigenvalue weighted by Gasteiger charge is -2.38. The van der Waals surface area contributed by atoms with E-state index in [9.17, 15) is 19.2 Å². The summed E-state index contributed by atoms with van der Waals surface area (Å²) in [5.41, 5.74) is 6.16. The zero-order valence-electron chi connectivity index (χ0n) is 24.5. The Morgan fingerprint density at radius 2 is 1.66 bits per heavy atom. The smallest absolute Gasteiger partial charge is 0.408 e. The van der Waals surface area contributed by atoms with Gasteiger partial charge in [-0.05, 0) is 82.5 Å². The number of methoxy groups -OCH3 is 1. The average Bonchev–Trinajstić information content (AvgIpc) is 2.92. The van der Waals surface area contributed by atoms with Crippen LogP contribution in [0.1, 0.15) is 71.0 Å². The first-order valence-electron chi connectivity index (χ1n) is 13.4. The normalized spacial score (nSPS) is 13.1. The number of carbonyl (C=O) groups is 4. The molecule has 0 aliphatic rings. The van der Waals surface area contributed by atoms with Crippen LogP contribution in [0.25, 0.3) is 0 Å². The van der Waals surface area contributed by atoms with Crippen molar-refractivity contribution in [3.8, 4) is 18.1 Å². The number of amides is 4. The van der Waals surface area contributed by atoms with E-state index in [1.807, 2.05) is 6.92 Å². The van der Waals surface area contributed by atoms with Crippen LogP contribution in [-0.2, 0) is 19.1 Å². The molecule has 3 atom stereocenters. The first-order valence-corrected chi connectivity index (χ1v) is 13.4. The first-order chi connectivity index (χ1) is 19.3. The molecule has 0 fully saturated rings. The van der Waals surface area contributed by atoms with Crippen molar-refractivity contribution < 1.29 is 28.7 Å². The summed E-state index contributed by atoms with van der Waals surface area (Å²) in [6.45, 7) is 8.76. The molecule has 4 N–H and O–H groups in total. The Kier molecular flexibility index (Phi) is 11.8. The average molecular weight is 565 g/mol. The molecule has 41 heavy (non-hydrogen) atoms. The highest BCUT2D eigenvalue weighted by Crippen LogP contribution is 2.29. The van der Waals surface area contributed by atoms with Gasteiger partial charge in [-0.3, -0.25) is 14.4 Å². The molecule has 2 aromatic carbocycles. The van der Waals surface area contributed by atoms with Crippen LogP contribution < -0.4 is 21.1 Å². The molecule has 2 aromatic rings. The van der Waals surface area contributed by atoms with E-state index in [1.54, 1.807) is 83.3 Å². The topological polar surface area (TPSA) is 140 Å². The van der Waals surface area contributed by atoms with Gasteiger partial charge in [-0.2, -0.15) is 0 Å². The predicted octanol–water partition coefficient (Wildman–Crippen LogP) is 4.14. The van der Waals surface area contributed by atoms with Gasteiger partial charge < -0.3 is 30.7 Å². The molecule has 10 nitrogen and oxygen atoms in total. The summed E-state index contributed by atoms with van der Waals surface area (Å²) in [4.78, 5) is 53.9. The molecule has 0 aromatic heterocycles. The summed E-state index contributed by atoms with van der Waals surface area (Å²) in [6.07, 6.45) is 4.95. The molecule has 0 saturated carbocycles. The van der Waals surface area contributed by atoms with Gasteiger partial charge in [0.25, 0.3) is 5.91 Å². The molecule has 220 valence electrons. The minimum absolute atomic E-state index is 0.0802. The number of hydrogen-bond acceptors (Lipinski definition) is 6. The van der Waals surface area contributed by atoms with E-state index in [2.05, 4.69) is 16.6 Å². The Balaban J connectivity index is 2.57. The number of alkyl carbamates (subject to hydrolysis) is 1. The molecule has 0 saturated heterocycles. The van der Waals surface area contributed by atoms with E-state index in [0.717, 1.165) is 0 Å². The number of rotatable bonds is 12. The highest BCUT2D eigenvalue weighted by Gasteiger charge is 2.38. The maximum atomic E-state index is 14.2. The van der Waals surface area contributed by atoms with Crippen molar-refractivity contribution in [1.29, 1.82) is 0 Å². The number of nitrogens with zero attached hydrogens (tertiary/aromatic N) is 1. The standard InChI is InChI=1S/C31H40N4O6/c1-8-20(3)35(29(38)25(18-19-26(32)36)34-30(39)41-31(4,5)6)27(22-12-10-21(9-2)11-13-22)28(37)33-23-14-16-24(40-7)17-15-23/h2,10-17,20,25,27H,8,18-19H2,1,3-7H3,(H2,32,36)(H,33,37)(H,34,39). The number of hydrogen-bond donors (Lipinski definition) is 3. The molecule has 0 heterocycles. The van der Waals surface area contributed by atoms with Crippen LogP contribution in [-0.4, -0.2) is 53.5 Å². The van der Waals surface area contributed by atoms with Crippen LogP contribution in [0, 0.1) is 12.3 Å². The van der Waals surface area contributed by atoms with Gasteiger partial charge in [0.1, 0.15) is 23.4 Å². The quantitative estimate of drug-likeness (QED) is 0.331. The van der Waals surface area contributed by atoms with Crippen molar-refractivity contribution in [3.05, 3.63) is 59.7 Å². The van der Waals surface area contributed by atoms with Gasteiger partial charge in [0.05, 0.1) is 7.11 Å². The number of anilines is 1. The predicted molar refractivity (Wildman–Crippen MR) is 157 cm³/mol. The monoisotopic (exact) mass is 564 g/mol. The highest BCUT2D eigenvalue weighted by molar-refractivity contribution is 5.99. The third-order valence-electron chi connectivity index (χ3n) is 6.27. The molecule has 0 aliphatic carbocycles. The van der Waals surface area contributed by atoms with Crippen LogP contribution >= 0.6 is 0 Å². The third kappa shape index (κ3) is 9.87. The van der Waals surface area contributed by atoms with Crippen molar-refractivity contribution in [2.45, 2.75) is 77.6 Å². The molecule has 4 amide bonds. The zero-order valence-corrected chi connectivity index (χ0v) is 24.5. The van der Waals surface area contributed by atoms with Gasteiger partial charge in [0, 0.05) is 23.7 Å². The summed E-state index contributed by atoms with van der Waals surface area (Å²) in [5.74, 6) is 1.48. The van der Waals surface area contributed by atoms with Crippen molar-refractivity contribution >= 4 is 29.5 Å². The molecular formula is C31H40N4O6. The lowest BCUT2D eigenvalue weighted by atomic mass is 9.98. The second-order valence-electron chi connectivity index (χ2n) is 10.6. The van der Waals surface area contributed by atoms with E-state index in [-0.39, 0.29) is 12.8 Å². The lowest BCUT2D eigenvalue weighted by molar-refractivity contribution is -0.143. The van der Waals surface area contributed by atoms with Crippen LogP contribution in [0.4, 0.5) is 10.5 Å². The third-order valence-corrected chi connectivity index (χ3v) is 6.27. The van der Waals surface area contributed by atoms with Crippen molar-refractivity contribution in [2.75, 3.05) is 12.4 Å². The fraction of sp³-hybridized carbons (Fsp3) is 0.419. The molecule has 0 bridgehead atoms. The minimum Gasteiger partial charge on any atom is -0.497 e. The number of primary amides is 1. The number of nitrogens with one attached hydrogen (secondary N) is 2. The Morgan fingerprint density at radius 1 is 1.05 bits per heavy atom. The first kappa shape index (κ1) is 32.7. The summed E-state index contributed by atoms with van der Waals surface area (Å²) in [6, 6.07) is 10.8. The van der Waals surface area contributed by atoms with Gasteiger partial charge in [0.2, 0.25) is 11.8 Å². The van der Waals surface area contributed by atoms with Gasteiger partial charge >= 0.3 is 6.09 Å². The fourth-order valence-corrected chi connectivity index (χ4v) is 4.05. The van der Waals surface area contributed by atoms with Gasteiger partial charge in [-0.15, -0.1) is 6.42 Å². The zero-order chi connectivity index (χ0) is 30.7. The summed E-state index contributed by atoms with van der Waals surface area (Å²) < 4.78 is 10.6. The minimum atomic E-state index is -1.19. The number of ether oxygens (including phenoxy) is 2. The van der Waals surface area contributed by atoms with Crippen molar-refractivity contribution in [1.82, 2.24) is 10.2 Å². The van der Waals surface area contributed by atoms with Crippen molar-refractivity contribution in [3.63, 3.8) is 0 Å². The molecule has 0 spiro atoms. The Hall–Kier alpha value is -4.52. The van der Waals surface area contributed by atoms with Crippen LogP contribution in [0.2, 0.25) is 0 Å². The highest BCUT2D eigenvalue weighted by atomic mass is 16.6. The van der Waals surface area contributed by atoms with Gasteiger partial charge in [0.15, 0.2) is 0 Å². The SMILES string of the molecule is C#Cc1ccc(C(C(=O)Nc2ccc(OC)cc2)N(C(=O)C(CCC(N)=O)NC(=O)OC(C)(C)C)C(C)CC)cc1. The Morgan fingerprint density at radius 3 is 2.15 bits per heavy atom. The van der Waals surface area contributed by atoms with E-state index >= 15 is 0 Å². The number of benzene rings is 2. The van der Waals surface area contributed by atoms with Crippen LogP contribution in [0.5, 0.6) is 5.75 Å². The van der Waals surface area contributed by atoms with E-state index in [1.165, 1.54) is 4.90 Å². The molecule has 3 unspecified atom stereocenters. The molecule has 0 aliphatic heterocycles. The largest absolute Gasteiger partial charge is 0.497 e. The molecular weight excluding hydrogens is 524 g/mol. The Bertz CT molecular complexity index is 1250. The van der Waals surface area contributed by atoms with Crippen LogP contribution in [0.3, 0.4) is 0 Å². The maximum Gasteiger partial charge on any atom is 0.408 e. The van der Waals surface area contributed by atoms with Gasteiger partial charge in [-0.1, -0.05) is 25.0 Å². The summed E-state index contributed by atoms with van der Waals surface area (Å²) >= 11 is 0.